The molecule has 41 heavy (non-hydrogen) atoms. The molecule has 5 atom stereocenters. The monoisotopic (exact) mass is 550 g/mol. The molecule has 5 rings (SSSR count). The highest BCUT2D eigenvalue weighted by molar-refractivity contribution is 5.88. The summed E-state index contributed by atoms with van der Waals surface area (Å²) in [6.07, 6.45) is -0.974. The second-order valence-corrected chi connectivity index (χ2v) is 10.6. The van der Waals surface area contributed by atoms with Gasteiger partial charge < -0.3 is 18.9 Å². The maximum atomic E-state index is 13.9. The van der Waals surface area contributed by atoms with Crippen molar-refractivity contribution in [3.8, 4) is 11.5 Å². The third kappa shape index (κ3) is 7.43. The molecular weight excluding hydrogens is 512 g/mol. The molecule has 0 unspecified atom stereocenters. The minimum atomic E-state index is -0.795. The summed E-state index contributed by atoms with van der Waals surface area (Å²) in [5.41, 5.74) is 3.21. The average molecular weight is 551 g/mol. The summed E-state index contributed by atoms with van der Waals surface area (Å²) in [6.45, 7) is 5.42. The SMILES string of the molecule is CC[C@H]1C(=O)[C@@H](Oc2ccc(OCc3ccccc3)cc2)[C@H](OCc2ccccc2)[C@@H](OCc2ccccc2)[C@@H]1C. The van der Waals surface area contributed by atoms with Crippen LogP contribution >= 0.6 is 0 Å². The lowest BCUT2D eigenvalue weighted by Gasteiger charge is -2.44. The van der Waals surface area contributed by atoms with E-state index in [1.54, 1.807) is 0 Å². The lowest BCUT2D eigenvalue weighted by molar-refractivity contribution is -0.183. The Morgan fingerprint density at radius 1 is 0.585 bits per heavy atom. The van der Waals surface area contributed by atoms with Crippen LogP contribution in [0.1, 0.15) is 37.0 Å². The van der Waals surface area contributed by atoms with Gasteiger partial charge in [0.25, 0.3) is 0 Å². The molecule has 0 aromatic heterocycles. The topological polar surface area (TPSA) is 54.0 Å². The van der Waals surface area contributed by atoms with E-state index in [2.05, 4.69) is 13.8 Å². The molecule has 0 N–H and O–H groups in total. The maximum Gasteiger partial charge on any atom is 0.185 e. The van der Waals surface area contributed by atoms with E-state index in [9.17, 15) is 4.79 Å². The van der Waals surface area contributed by atoms with Crippen LogP contribution in [0.3, 0.4) is 0 Å². The van der Waals surface area contributed by atoms with Gasteiger partial charge in [0.2, 0.25) is 0 Å². The van der Waals surface area contributed by atoms with Crippen molar-refractivity contribution < 1.29 is 23.7 Å². The molecule has 0 aliphatic heterocycles. The van der Waals surface area contributed by atoms with Crippen molar-refractivity contribution in [3.05, 3.63) is 132 Å². The summed E-state index contributed by atoms with van der Waals surface area (Å²) >= 11 is 0. The van der Waals surface area contributed by atoms with E-state index in [1.807, 2.05) is 115 Å². The summed E-state index contributed by atoms with van der Waals surface area (Å²) in [5.74, 6) is 1.17. The van der Waals surface area contributed by atoms with Crippen LogP contribution in [0.25, 0.3) is 0 Å². The van der Waals surface area contributed by atoms with Gasteiger partial charge in [0.15, 0.2) is 11.9 Å². The quantitative estimate of drug-likeness (QED) is 0.184. The number of ether oxygens (including phenoxy) is 4. The number of rotatable bonds is 12. The number of hydrogen-bond donors (Lipinski definition) is 0. The Balaban J connectivity index is 1.35. The van der Waals surface area contributed by atoms with Gasteiger partial charge >= 0.3 is 0 Å². The lowest BCUT2D eigenvalue weighted by atomic mass is 9.73. The number of Topliss-reactive ketones (excluding diaryl/α,β-unsaturated/α-hetero) is 1. The second kappa shape index (κ2) is 14.1. The number of ketones is 1. The first-order chi connectivity index (χ1) is 20.1. The van der Waals surface area contributed by atoms with E-state index < -0.39 is 12.2 Å². The van der Waals surface area contributed by atoms with Crippen molar-refractivity contribution in [2.24, 2.45) is 11.8 Å². The predicted octanol–water partition coefficient (Wildman–Crippen LogP) is 7.43. The van der Waals surface area contributed by atoms with E-state index >= 15 is 0 Å². The van der Waals surface area contributed by atoms with Crippen molar-refractivity contribution in [2.45, 2.75) is 58.4 Å². The standard InChI is InChI=1S/C36H38O5/c1-3-32-26(2)34(39-24-28-15-9-5-10-16-28)36(40-25-29-17-11-6-12-18-29)35(33(32)37)41-31-21-19-30(20-22-31)38-23-27-13-7-4-8-14-27/h4-22,26,32,34-36H,3,23-25H2,1-2H3/t26-,32-,34+,35-,36-/m1/s1. The van der Waals surface area contributed by atoms with Crippen LogP contribution in [-0.4, -0.2) is 24.1 Å². The average Bonchev–Trinajstić information content (AvgIpc) is 3.02. The van der Waals surface area contributed by atoms with E-state index in [-0.39, 0.29) is 23.7 Å². The fourth-order valence-corrected chi connectivity index (χ4v) is 5.49. The van der Waals surface area contributed by atoms with Crippen molar-refractivity contribution >= 4 is 5.78 Å². The van der Waals surface area contributed by atoms with Gasteiger partial charge in [-0.3, -0.25) is 4.79 Å². The van der Waals surface area contributed by atoms with Crippen LogP contribution in [0.4, 0.5) is 0 Å². The molecule has 1 aliphatic rings. The van der Waals surface area contributed by atoms with E-state index in [4.69, 9.17) is 18.9 Å². The van der Waals surface area contributed by atoms with Gasteiger partial charge in [0, 0.05) is 5.92 Å². The molecule has 0 saturated heterocycles. The molecule has 0 spiro atoms. The van der Waals surface area contributed by atoms with Gasteiger partial charge in [-0.25, -0.2) is 0 Å². The second-order valence-electron chi connectivity index (χ2n) is 10.6. The van der Waals surface area contributed by atoms with Crippen LogP contribution in [-0.2, 0) is 34.1 Å². The largest absolute Gasteiger partial charge is 0.489 e. The van der Waals surface area contributed by atoms with E-state index in [1.165, 1.54) is 0 Å². The summed E-state index contributed by atoms with van der Waals surface area (Å²) in [6, 6.07) is 37.6. The minimum absolute atomic E-state index is 0.0226. The van der Waals surface area contributed by atoms with E-state index in [0.29, 0.717) is 32.0 Å². The fraction of sp³-hybridized carbons (Fsp3) is 0.306. The van der Waals surface area contributed by atoms with Crippen molar-refractivity contribution in [2.75, 3.05) is 0 Å². The molecule has 5 heteroatoms. The molecule has 1 aliphatic carbocycles. The Morgan fingerprint density at radius 2 is 1.05 bits per heavy atom. The first kappa shape index (κ1) is 28.6. The Kier molecular flexibility index (Phi) is 9.84. The van der Waals surface area contributed by atoms with Gasteiger partial charge in [-0.15, -0.1) is 0 Å². The van der Waals surface area contributed by atoms with Crippen LogP contribution in [0.5, 0.6) is 11.5 Å². The fourth-order valence-electron chi connectivity index (χ4n) is 5.49. The van der Waals surface area contributed by atoms with Gasteiger partial charge in [-0.2, -0.15) is 0 Å². The molecular formula is C36H38O5. The Hall–Kier alpha value is -3.93. The smallest absolute Gasteiger partial charge is 0.185 e. The Bertz CT molecular complexity index is 1340. The highest BCUT2D eigenvalue weighted by atomic mass is 16.6. The zero-order valence-corrected chi connectivity index (χ0v) is 23.7. The Labute approximate surface area is 243 Å². The molecule has 5 nitrogen and oxygen atoms in total. The van der Waals surface area contributed by atoms with Gasteiger partial charge in [-0.05, 0) is 53.3 Å². The molecule has 0 radical (unpaired) electrons. The first-order valence-corrected chi connectivity index (χ1v) is 14.4. The molecule has 0 amide bonds. The normalized spacial score (nSPS) is 22.3. The number of carbonyl (C=O) groups is 1. The van der Waals surface area contributed by atoms with Crippen molar-refractivity contribution in [3.63, 3.8) is 0 Å². The molecule has 1 saturated carbocycles. The number of benzene rings is 4. The first-order valence-electron chi connectivity index (χ1n) is 14.4. The summed E-state index contributed by atoms with van der Waals surface area (Å²) in [4.78, 5) is 13.9. The lowest BCUT2D eigenvalue weighted by Crippen LogP contribution is -2.59. The minimum Gasteiger partial charge on any atom is -0.489 e. The highest BCUT2D eigenvalue weighted by Gasteiger charge is 2.50. The van der Waals surface area contributed by atoms with Gasteiger partial charge in [0.1, 0.15) is 24.2 Å². The summed E-state index contributed by atoms with van der Waals surface area (Å²) in [5, 5.41) is 0. The molecule has 4 aromatic carbocycles. The molecule has 0 heterocycles. The molecule has 212 valence electrons. The van der Waals surface area contributed by atoms with Gasteiger partial charge in [0.05, 0.1) is 19.3 Å². The van der Waals surface area contributed by atoms with Crippen molar-refractivity contribution in [1.82, 2.24) is 0 Å². The summed E-state index contributed by atoms with van der Waals surface area (Å²) < 4.78 is 25.4. The zero-order chi connectivity index (χ0) is 28.4. The number of carbonyl (C=O) groups excluding carboxylic acids is 1. The van der Waals surface area contributed by atoms with Crippen LogP contribution in [0, 0.1) is 11.8 Å². The predicted molar refractivity (Wildman–Crippen MR) is 160 cm³/mol. The van der Waals surface area contributed by atoms with Gasteiger partial charge in [-0.1, -0.05) is 105 Å². The highest BCUT2D eigenvalue weighted by Crippen LogP contribution is 2.37. The van der Waals surface area contributed by atoms with Crippen LogP contribution in [0.2, 0.25) is 0 Å². The van der Waals surface area contributed by atoms with Crippen LogP contribution in [0.15, 0.2) is 115 Å². The molecule has 4 aromatic rings. The maximum absolute atomic E-state index is 13.9. The van der Waals surface area contributed by atoms with E-state index in [0.717, 1.165) is 22.4 Å². The molecule has 1 fully saturated rings. The Morgan fingerprint density at radius 3 is 1.56 bits per heavy atom. The third-order valence-corrected chi connectivity index (χ3v) is 7.77. The van der Waals surface area contributed by atoms with Crippen LogP contribution < -0.4 is 9.47 Å². The third-order valence-electron chi connectivity index (χ3n) is 7.77. The zero-order valence-electron chi connectivity index (χ0n) is 23.7. The molecule has 0 bridgehead atoms. The summed E-state index contributed by atoms with van der Waals surface area (Å²) in [7, 11) is 0. The number of hydrogen-bond acceptors (Lipinski definition) is 5. The van der Waals surface area contributed by atoms with Crippen molar-refractivity contribution in [1.29, 1.82) is 0 Å².